The molecule has 21 aliphatic heterocycles. The number of aliphatic hydroxyl groups excluding tert-OH is 20. The average molecular weight is 1220 g/mol. The van der Waals surface area contributed by atoms with E-state index in [1.807, 2.05) is 0 Å². The Hall–Kier alpha value is -2.67. The number of rotatable bonds is 8. The standard InChI is InChI=1S/C48H74N2O34/c49-12-3-1-2-4-13(12)50-5-14-35-21(57)28(64)42(71-14)79-36-15(6-51)73-44(30(66)23(36)59)81-38-17(8-53)75-46(32(68)25(38)61)83-40-19(10-55)77-48(34(70)27(40)63)84-41-20(11-56)76-47(33(69)26(41)62)82-39-18(9-54)74-45(31(67)24(39)60)80-37-16(7-52)72-43(78-35)29(65)22(37)58/h1-5,14-48,51-70H,6-11,49H2/t14-,15-,16-,17-,18-,19-,20-,21-,22+,23-,24+,25-,26+,27-,28-,29-,30-,31+,32-,33+,34-,35-,36-,37-,38-,39-,40-,41-,42-,43-,44-,45-,46-,47-,48-/m1/s1. The molecule has 0 unspecified atom stereocenters. The van der Waals surface area contributed by atoms with E-state index in [-0.39, 0.29) is 11.4 Å². The smallest absolute Gasteiger partial charge is 0.187 e. The summed E-state index contributed by atoms with van der Waals surface area (Å²) in [6.45, 7) is -6.31. The molecule has 0 saturated carbocycles. The van der Waals surface area contributed by atoms with E-state index in [0.29, 0.717) is 0 Å². The van der Waals surface area contributed by atoms with Gasteiger partial charge in [0.1, 0.15) is 171 Å². The highest BCUT2D eigenvalue weighted by Gasteiger charge is 2.59. The van der Waals surface area contributed by atoms with Gasteiger partial charge in [0.05, 0.1) is 51.0 Å². The number of aliphatic hydroxyl groups is 20. The van der Waals surface area contributed by atoms with Crippen LogP contribution in [-0.2, 0) is 66.3 Å². The molecule has 0 amide bonds. The number of hydrogen-bond donors (Lipinski definition) is 21. The van der Waals surface area contributed by atoms with Crippen molar-refractivity contribution in [3.63, 3.8) is 0 Å². The lowest BCUT2D eigenvalue weighted by atomic mass is 9.95. The first-order valence-corrected chi connectivity index (χ1v) is 26.8. The molecule has 21 heterocycles. The second kappa shape index (κ2) is 28.0. The topological polar surface area (TPSA) is 572 Å². The lowest BCUT2D eigenvalue weighted by molar-refractivity contribution is -0.396. The van der Waals surface area contributed by atoms with Gasteiger partial charge < -0.3 is 174 Å². The Morgan fingerprint density at radius 2 is 0.512 bits per heavy atom. The van der Waals surface area contributed by atoms with E-state index < -0.39 is 255 Å². The number of hydrogen-bond acceptors (Lipinski definition) is 36. The lowest BCUT2D eigenvalue weighted by Crippen LogP contribution is -2.68. The van der Waals surface area contributed by atoms with Gasteiger partial charge in [-0.1, -0.05) is 12.1 Å². The van der Waals surface area contributed by atoms with Crippen LogP contribution in [0.15, 0.2) is 29.3 Å². The summed E-state index contributed by atoms with van der Waals surface area (Å²) in [5.74, 6) is 0. The largest absolute Gasteiger partial charge is 0.397 e. The van der Waals surface area contributed by atoms with Crippen LogP contribution in [0, 0.1) is 0 Å². The molecule has 21 saturated heterocycles. The number of nitrogens with zero attached hydrogens (tertiary/aromatic N) is 1. The van der Waals surface area contributed by atoms with E-state index in [2.05, 4.69) is 4.99 Å². The van der Waals surface area contributed by atoms with Crippen molar-refractivity contribution in [3.05, 3.63) is 24.3 Å². The predicted molar refractivity (Wildman–Crippen MR) is 260 cm³/mol. The molecule has 36 heteroatoms. The minimum absolute atomic E-state index is 0.132. The number of nitrogen functional groups attached to an aromatic ring is 1. The maximum absolute atomic E-state index is 11.8. The third-order valence-electron chi connectivity index (χ3n) is 15.8. The summed E-state index contributed by atoms with van der Waals surface area (Å²) < 4.78 is 81.0. The number of anilines is 1. The number of benzene rings is 1. The Balaban J connectivity index is 1.03. The summed E-state index contributed by atoms with van der Waals surface area (Å²) in [5, 5.41) is 223. The first kappa shape index (κ1) is 65.8. The second-order valence-electron chi connectivity index (χ2n) is 21.2. The Kier molecular flexibility index (Phi) is 21.9. The average Bonchev–Trinajstić information content (AvgIpc) is 1.23. The molecule has 21 aliphatic rings. The molecule has 22 N–H and O–H groups in total. The number of nitrogens with two attached hydrogens (primary N) is 1. The number of aliphatic imine (C=N–C) groups is 1. The molecule has 84 heavy (non-hydrogen) atoms. The van der Waals surface area contributed by atoms with E-state index in [4.69, 9.17) is 72.0 Å². The number of para-hydroxylation sites is 2. The lowest BCUT2D eigenvalue weighted by Gasteiger charge is -2.50. The van der Waals surface area contributed by atoms with Crippen LogP contribution in [0.5, 0.6) is 0 Å². The Bertz CT molecular complexity index is 2250. The Morgan fingerprint density at radius 3 is 0.750 bits per heavy atom. The molecule has 22 rings (SSSR count). The monoisotopic (exact) mass is 1220 g/mol. The summed E-state index contributed by atoms with van der Waals surface area (Å²) in [6.07, 6.45) is -69.6. The van der Waals surface area contributed by atoms with E-state index in [1.54, 1.807) is 12.1 Å². The van der Waals surface area contributed by atoms with Crippen LogP contribution in [0.3, 0.4) is 0 Å². The molecule has 1 aromatic rings. The van der Waals surface area contributed by atoms with Crippen molar-refractivity contribution in [1.82, 2.24) is 0 Å². The Labute approximate surface area is 474 Å². The molecule has 14 bridgehead atoms. The molecule has 21 fully saturated rings. The third kappa shape index (κ3) is 13.0. The van der Waals surface area contributed by atoms with Crippen LogP contribution < -0.4 is 5.73 Å². The molecule has 35 atom stereocenters. The zero-order chi connectivity index (χ0) is 60.7. The van der Waals surface area contributed by atoms with Gasteiger partial charge in [0.2, 0.25) is 0 Å². The third-order valence-corrected chi connectivity index (χ3v) is 15.8. The van der Waals surface area contributed by atoms with Gasteiger partial charge in [-0.25, -0.2) is 0 Å². The molecule has 0 aliphatic carbocycles. The van der Waals surface area contributed by atoms with Gasteiger partial charge in [-0.3, -0.25) is 4.99 Å². The normalized spacial score (nSPS) is 51.8. The molecular formula is C48H74N2O34. The maximum Gasteiger partial charge on any atom is 0.187 e. The number of ether oxygens (including phenoxy) is 14. The van der Waals surface area contributed by atoms with Gasteiger partial charge >= 0.3 is 0 Å². The van der Waals surface area contributed by atoms with Crippen molar-refractivity contribution in [2.45, 2.75) is 215 Å². The van der Waals surface area contributed by atoms with E-state index in [0.717, 1.165) is 6.21 Å². The van der Waals surface area contributed by atoms with E-state index in [1.165, 1.54) is 12.1 Å². The summed E-state index contributed by atoms with van der Waals surface area (Å²) in [4.78, 5) is 4.31. The molecule has 0 aromatic heterocycles. The molecule has 36 nitrogen and oxygen atoms in total. The van der Waals surface area contributed by atoms with Gasteiger partial charge in [0.15, 0.2) is 44.0 Å². The van der Waals surface area contributed by atoms with Crippen molar-refractivity contribution < 1.29 is 168 Å². The predicted octanol–water partition coefficient (Wildman–Crippen LogP) is -13.2. The fraction of sp³-hybridized carbons (Fsp3) is 0.854. The summed E-state index contributed by atoms with van der Waals surface area (Å²) >= 11 is 0. The minimum atomic E-state index is -2.22. The summed E-state index contributed by atoms with van der Waals surface area (Å²) in [7, 11) is 0. The molecule has 0 radical (unpaired) electrons. The van der Waals surface area contributed by atoms with Crippen molar-refractivity contribution in [2.75, 3.05) is 45.4 Å². The van der Waals surface area contributed by atoms with Crippen LogP contribution in [-0.4, -0.2) is 363 Å². The van der Waals surface area contributed by atoms with Gasteiger partial charge in [-0.2, -0.15) is 0 Å². The fourth-order valence-electron chi connectivity index (χ4n) is 11.1. The molecule has 480 valence electrons. The summed E-state index contributed by atoms with van der Waals surface area (Å²) in [5.41, 5.74) is 6.37. The zero-order valence-corrected chi connectivity index (χ0v) is 44.0. The van der Waals surface area contributed by atoms with Gasteiger partial charge in [0.25, 0.3) is 0 Å². The molecular weight excluding hydrogens is 1150 g/mol. The van der Waals surface area contributed by atoms with Crippen LogP contribution >= 0.6 is 0 Å². The molecule has 1 aromatic carbocycles. The van der Waals surface area contributed by atoms with Crippen LogP contribution in [0.1, 0.15) is 0 Å². The highest BCUT2D eigenvalue weighted by molar-refractivity contribution is 5.73. The SMILES string of the molecule is Nc1ccccc1N=C[C@H]1O[C@@H]2O[C@H]3[C@H](O)[C@@H](O)[C@@H](O[C@H]4[C@H](O)[C@@H](O)[C@@H](O[C@H]5[C@H](O)[C@@H](O)[C@@H](O[C@H]6[C@@H](O)[C@H](O)[C@@H](O[C@H]7[C@@H](O)[C@H](O)[C@@H](O[C@H]8[C@@H](O)[C@@H](O)[C@@H](O[C@H]1[C@H](O)[C@H]2O)O[C@@H]8CO)O[C@@H]7CO)O[C@@H]6CO)O[C@@H]5CO)O[C@@H]4CO)O[C@@H]3CO. The highest BCUT2D eigenvalue weighted by atomic mass is 16.8. The zero-order valence-electron chi connectivity index (χ0n) is 44.0. The maximum atomic E-state index is 11.8. The van der Waals surface area contributed by atoms with E-state index in [9.17, 15) is 102 Å². The fourth-order valence-corrected chi connectivity index (χ4v) is 11.1. The summed E-state index contributed by atoms with van der Waals surface area (Å²) in [6, 6.07) is 6.11. The van der Waals surface area contributed by atoms with Gasteiger partial charge in [0, 0.05) is 6.21 Å². The first-order chi connectivity index (χ1) is 40.1. The molecule has 0 spiro atoms. The second-order valence-corrected chi connectivity index (χ2v) is 21.2. The van der Waals surface area contributed by atoms with Gasteiger partial charge in [-0.15, -0.1) is 0 Å². The van der Waals surface area contributed by atoms with Crippen molar-refractivity contribution >= 4 is 17.6 Å². The van der Waals surface area contributed by atoms with Crippen LogP contribution in [0.4, 0.5) is 11.4 Å². The van der Waals surface area contributed by atoms with Crippen molar-refractivity contribution in [2.24, 2.45) is 4.99 Å². The van der Waals surface area contributed by atoms with Crippen LogP contribution in [0.2, 0.25) is 0 Å². The van der Waals surface area contributed by atoms with Gasteiger partial charge in [-0.05, 0) is 12.1 Å². The van der Waals surface area contributed by atoms with Crippen LogP contribution in [0.25, 0.3) is 0 Å². The Morgan fingerprint density at radius 1 is 0.298 bits per heavy atom. The van der Waals surface area contributed by atoms with Crippen molar-refractivity contribution in [1.29, 1.82) is 0 Å². The van der Waals surface area contributed by atoms with E-state index >= 15 is 0 Å². The quantitative estimate of drug-likeness (QED) is 0.0849. The van der Waals surface area contributed by atoms with Crippen molar-refractivity contribution in [3.8, 4) is 0 Å². The first-order valence-electron chi connectivity index (χ1n) is 26.8. The highest BCUT2D eigenvalue weighted by Crippen LogP contribution is 2.39. The minimum Gasteiger partial charge on any atom is -0.397 e.